The molecule has 1 atom stereocenters. The molecule has 1 nitrogen and oxygen atoms in total. The highest BCUT2D eigenvalue weighted by Crippen LogP contribution is 2.38. The largest absolute Gasteiger partial charge is 0.385 e. The summed E-state index contributed by atoms with van der Waals surface area (Å²) in [6, 6.07) is 0. The lowest BCUT2D eigenvalue weighted by Crippen LogP contribution is -2.29. The topological polar surface area (TPSA) is 20.2 Å². The highest BCUT2D eigenvalue weighted by atomic mass is 16.3. The Morgan fingerprint density at radius 3 is 2.72 bits per heavy atom. The van der Waals surface area contributed by atoms with E-state index in [0.29, 0.717) is 0 Å². The second-order valence-corrected chi connectivity index (χ2v) is 6.11. The van der Waals surface area contributed by atoms with Crippen molar-refractivity contribution in [3.63, 3.8) is 0 Å². The van der Waals surface area contributed by atoms with Crippen LogP contribution in [-0.4, -0.2) is 10.7 Å². The molecule has 1 unspecified atom stereocenters. The van der Waals surface area contributed by atoms with Crippen LogP contribution in [0.3, 0.4) is 0 Å². The number of aliphatic hydroxyl groups is 1. The van der Waals surface area contributed by atoms with E-state index >= 15 is 0 Å². The predicted octanol–water partition coefficient (Wildman–Crippen LogP) is 4.91. The summed E-state index contributed by atoms with van der Waals surface area (Å²) in [6.45, 7) is 2.24. The van der Waals surface area contributed by atoms with Gasteiger partial charge in [-0.05, 0) is 37.7 Å². The molecule has 2 aliphatic rings. The maximum atomic E-state index is 10.6. The molecule has 0 aromatic carbocycles. The van der Waals surface area contributed by atoms with E-state index in [-0.39, 0.29) is 0 Å². The predicted molar refractivity (Wildman–Crippen MR) is 77.6 cm³/mol. The third-order valence-corrected chi connectivity index (χ3v) is 4.46. The van der Waals surface area contributed by atoms with E-state index in [4.69, 9.17) is 0 Å². The van der Waals surface area contributed by atoms with Crippen LogP contribution in [0.5, 0.6) is 0 Å². The van der Waals surface area contributed by atoms with Crippen molar-refractivity contribution in [3.05, 3.63) is 23.3 Å². The van der Waals surface area contributed by atoms with Crippen molar-refractivity contribution < 1.29 is 5.11 Å². The second kappa shape index (κ2) is 6.56. The molecule has 102 valence electrons. The Morgan fingerprint density at radius 2 is 1.89 bits per heavy atom. The average Bonchev–Trinajstić information content (AvgIpc) is 2.38. The van der Waals surface area contributed by atoms with Gasteiger partial charge in [0.1, 0.15) is 0 Å². The summed E-state index contributed by atoms with van der Waals surface area (Å²) in [4.78, 5) is 0. The summed E-state index contributed by atoms with van der Waals surface area (Å²) in [5, 5.41) is 10.6. The van der Waals surface area contributed by atoms with Crippen LogP contribution in [-0.2, 0) is 0 Å². The normalized spacial score (nSPS) is 27.4. The first-order valence-electron chi connectivity index (χ1n) is 7.86. The Kier molecular flexibility index (Phi) is 5.05. The van der Waals surface area contributed by atoms with Gasteiger partial charge in [-0.15, -0.1) is 0 Å². The molecule has 0 fully saturated rings. The van der Waals surface area contributed by atoms with Crippen molar-refractivity contribution in [1.29, 1.82) is 0 Å². The minimum atomic E-state index is -0.525. The van der Waals surface area contributed by atoms with Gasteiger partial charge in [0.25, 0.3) is 0 Å². The van der Waals surface area contributed by atoms with Gasteiger partial charge >= 0.3 is 0 Å². The molecule has 0 aromatic heterocycles. The minimum absolute atomic E-state index is 0.525. The van der Waals surface area contributed by atoms with Gasteiger partial charge in [-0.25, -0.2) is 0 Å². The zero-order chi connectivity index (χ0) is 12.8. The summed E-state index contributed by atoms with van der Waals surface area (Å²) in [5.74, 6) is 0. The van der Waals surface area contributed by atoms with Gasteiger partial charge in [-0.1, -0.05) is 56.8 Å². The van der Waals surface area contributed by atoms with E-state index in [1.807, 2.05) is 0 Å². The molecule has 0 heterocycles. The maximum Gasteiger partial charge on any atom is 0.0867 e. The van der Waals surface area contributed by atoms with Crippen molar-refractivity contribution in [2.24, 2.45) is 0 Å². The Balaban J connectivity index is 1.79. The molecule has 0 radical (unpaired) electrons. The SMILES string of the molecule is CCCCCCCC1(O)C=CC2=C(CCCC2)C1. The van der Waals surface area contributed by atoms with Crippen molar-refractivity contribution in [3.8, 4) is 0 Å². The molecule has 18 heavy (non-hydrogen) atoms. The standard InChI is InChI=1S/C17H28O/c1-2-3-4-5-8-12-17(18)13-11-15-9-6-7-10-16(15)14-17/h11,13,18H,2-10,12,14H2,1H3. The molecular weight excluding hydrogens is 220 g/mol. The molecule has 0 spiro atoms. The van der Waals surface area contributed by atoms with E-state index in [1.54, 1.807) is 5.57 Å². The van der Waals surface area contributed by atoms with Crippen molar-refractivity contribution in [2.45, 2.75) is 83.2 Å². The molecule has 1 N–H and O–H groups in total. The molecule has 0 aliphatic heterocycles. The van der Waals surface area contributed by atoms with Crippen LogP contribution < -0.4 is 0 Å². The van der Waals surface area contributed by atoms with E-state index in [0.717, 1.165) is 12.8 Å². The first kappa shape index (κ1) is 13.9. The Bertz CT molecular complexity index is 327. The Morgan fingerprint density at radius 1 is 1.11 bits per heavy atom. The van der Waals surface area contributed by atoms with Crippen LogP contribution in [0.15, 0.2) is 23.3 Å². The van der Waals surface area contributed by atoms with Crippen LogP contribution in [0.2, 0.25) is 0 Å². The molecule has 0 bridgehead atoms. The highest BCUT2D eigenvalue weighted by Gasteiger charge is 2.29. The summed E-state index contributed by atoms with van der Waals surface area (Å²) >= 11 is 0. The number of hydrogen-bond donors (Lipinski definition) is 1. The quantitative estimate of drug-likeness (QED) is 0.662. The van der Waals surface area contributed by atoms with Crippen LogP contribution in [0.4, 0.5) is 0 Å². The van der Waals surface area contributed by atoms with E-state index in [2.05, 4.69) is 19.1 Å². The second-order valence-electron chi connectivity index (χ2n) is 6.11. The van der Waals surface area contributed by atoms with Crippen molar-refractivity contribution in [2.75, 3.05) is 0 Å². The first-order valence-corrected chi connectivity index (χ1v) is 7.86. The summed E-state index contributed by atoms with van der Waals surface area (Å²) in [7, 11) is 0. The molecule has 0 saturated carbocycles. The van der Waals surface area contributed by atoms with Crippen LogP contribution in [0, 0.1) is 0 Å². The van der Waals surface area contributed by atoms with Gasteiger partial charge in [-0.3, -0.25) is 0 Å². The van der Waals surface area contributed by atoms with Gasteiger partial charge in [0.2, 0.25) is 0 Å². The fraction of sp³-hybridized carbons (Fsp3) is 0.765. The molecule has 2 aliphatic carbocycles. The van der Waals surface area contributed by atoms with Gasteiger partial charge in [0, 0.05) is 6.42 Å². The smallest absolute Gasteiger partial charge is 0.0867 e. The van der Waals surface area contributed by atoms with E-state index in [1.165, 1.54) is 63.4 Å². The zero-order valence-corrected chi connectivity index (χ0v) is 11.9. The first-order chi connectivity index (χ1) is 8.73. The third kappa shape index (κ3) is 3.71. The number of rotatable bonds is 6. The minimum Gasteiger partial charge on any atom is -0.385 e. The fourth-order valence-electron chi connectivity index (χ4n) is 3.28. The maximum absolute atomic E-state index is 10.6. The average molecular weight is 248 g/mol. The molecule has 0 aromatic rings. The number of hydrogen-bond acceptors (Lipinski definition) is 1. The van der Waals surface area contributed by atoms with E-state index < -0.39 is 5.60 Å². The van der Waals surface area contributed by atoms with Crippen molar-refractivity contribution in [1.82, 2.24) is 0 Å². The van der Waals surface area contributed by atoms with E-state index in [9.17, 15) is 5.11 Å². The lowest BCUT2D eigenvalue weighted by atomic mass is 9.77. The third-order valence-electron chi connectivity index (χ3n) is 4.46. The molecule has 2 rings (SSSR count). The molecular formula is C17H28O. The Labute approximate surface area is 112 Å². The van der Waals surface area contributed by atoms with Gasteiger partial charge in [-0.2, -0.15) is 0 Å². The summed E-state index contributed by atoms with van der Waals surface area (Å²) in [5.41, 5.74) is 2.54. The van der Waals surface area contributed by atoms with Gasteiger partial charge in [0.05, 0.1) is 5.60 Å². The number of unbranched alkanes of at least 4 members (excludes halogenated alkanes) is 4. The number of allylic oxidation sites excluding steroid dienone is 2. The van der Waals surface area contributed by atoms with Crippen LogP contribution in [0.1, 0.15) is 77.6 Å². The van der Waals surface area contributed by atoms with Gasteiger partial charge in [0.15, 0.2) is 0 Å². The fourth-order valence-corrected chi connectivity index (χ4v) is 3.28. The molecule has 0 amide bonds. The Hall–Kier alpha value is -0.560. The van der Waals surface area contributed by atoms with Crippen LogP contribution in [0.25, 0.3) is 0 Å². The highest BCUT2D eigenvalue weighted by molar-refractivity contribution is 5.35. The summed E-state index contributed by atoms with van der Waals surface area (Å²) < 4.78 is 0. The zero-order valence-electron chi connectivity index (χ0n) is 11.9. The molecule has 0 saturated heterocycles. The molecule has 1 heteroatoms. The van der Waals surface area contributed by atoms with Crippen molar-refractivity contribution >= 4 is 0 Å². The van der Waals surface area contributed by atoms with Gasteiger partial charge < -0.3 is 5.11 Å². The summed E-state index contributed by atoms with van der Waals surface area (Å²) in [6.07, 6.45) is 17.7. The lowest BCUT2D eigenvalue weighted by molar-refractivity contribution is 0.0753. The monoisotopic (exact) mass is 248 g/mol. The van der Waals surface area contributed by atoms with Crippen LogP contribution >= 0.6 is 0 Å². The lowest BCUT2D eigenvalue weighted by Gasteiger charge is -2.32.